The molecule has 3 heteroatoms. The standard InChI is InChI=1S/C19H40NO.HI/c1-7-20(8-2,9-3)13-10-14-21-19-15-17(6)11-12-18(19)16(4)5;/h16-19H,7-15H2,1-6H3;1H/q+1;/p-1. The maximum absolute atomic E-state index is 6.35. The number of rotatable bonds is 9. The van der Waals surface area contributed by atoms with Crippen LogP contribution >= 0.6 is 0 Å². The molecule has 3 atom stereocenters. The third-order valence-electron chi connectivity index (χ3n) is 6.08. The fourth-order valence-electron chi connectivity index (χ4n) is 4.09. The van der Waals surface area contributed by atoms with Crippen LogP contribution in [0.2, 0.25) is 0 Å². The molecule has 0 heterocycles. The molecule has 0 aromatic heterocycles. The summed E-state index contributed by atoms with van der Waals surface area (Å²) in [7, 11) is 0. The molecule has 0 saturated heterocycles. The van der Waals surface area contributed by atoms with Crippen LogP contribution in [0.15, 0.2) is 0 Å². The number of nitrogens with zero attached hydrogens (tertiary/aromatic N) is 1. The van der Waals surface area contributed by atoms with Gasteiger partial charge in [0.25, 0.3) is 0 Å². The second-order valence-corrected chi connectivity index (χ2v) is 7.60. The predicted octanol–water partition coefficient (Wildman–Crippen LogP) is 1.73. The monoisotopic (exact) mass is 425 g/mol. The van der Waals surface area contributed by atoms with Gasteiger partial charge in [0, 0.05) is 6.42 Å². The minimum absolute atomic E-state index is 0. The quantitative estimate of drug-likeness (QED) is 0.311. The van der Waals surface area contributed by atoms with Crippen LogP contribution in [-0.4, -0.2) is 43.4 Å². The van der Waals surface area contributed by atoms with E-state index < -0.39 is 0 Å². The molecular formula is C19H40INO. The van der Waals surface area contributed by atoms with Gasteiger partial charge >= 0.3 is 0 Å². The highest BCUT2D eigenvalue weighted by molar-refractivity contribution is 4.81. The van der Waals surface area contributed by atoms with E-state index in [9.17, 15) is 0 Å². The van der Waals surface area contributed by atoms with Gasteiger partial charge in [-0.1, -0.05) is 27.2 Å². The Kier molecular flexibility index (Phi) is 11.6. The highest BCUT2D eigenvalue weighted by atomic mass is 127. The minimum atomic E-state index is 0. The highest BCUT2D eigenvalue weighted by Gasteiger charge is 2.31. The number of ether oxygens (including phenoxy) is 1. The largest absolute Gasteiger partial charge is 1.00 e. The summed E-state index contributed by atoms with van der Waals surface area (Å²) in [6.45, 7) is 20.1. The number of halogens is 1. The van der Waals surface area contributed by atoms with Crippen molar-refractivity contribution in [3.63, 3.8) is 0 Å². The molecule has 3 unspecified atom stereocenters. The van der Waals surface area contributed by atoms with Crippen molar-refractivity contribution < 1.29 is 33.2 Å². The summed E-state index contributed by atoms with van der Waals surface area (Å²) in [6.07, 6.45) is 5.76. The molecule has 0 aromatic rings. The molecule has 0 aromatic carbocycles. The van der Waals surface area contributed by atoms with Gasteiger partial charge in [0.15, 0.2) is 0 Å². The maximum atomic E-state index is 6.35. The highest BCUT2D eigenvalue weighted by Crippen LogP contribution is 2.35. The van der Waals surface area contributed by atoms with Crippen molar-refractivity contribution in [3.8, 4) is 0 Å². The van der Waals surface area contributed by atoms with Gasteiger partial charge in [0.05, 0.1) is 38.9 Å². The second-order valence-electron chi connectivity index (χ2n) is 7.60. The Hall–Kier alpha value is 0.650. The zero-order chi connectivity index (χ0) is 15.9. The predicted molar refractivity (Wildman–Crippen MR) is 92.5 cm³/mol. The Labute approximate surface area is 157 Å². The van der Waals surface area contributed by atoms with Gasteiger partial charge in [-0.2, -0.15) is 0 Å². The number of quaternary nitrogens is 1. The topological polar surface area (TPSA) is 9.23 Å². The van der Waals surface area contributed by atoms with Crippen molar-refractivity contribution >= 4 is 0 Å². The maximum Gasteiger partial charge on any atom is 0.0808 e. The van der Waals surface area contributed by atoms with Crippen LogP contribution in [0, 0.1) is 17.8 Å². The van der Waals surface area contributed by atoms with Crippen molar-refractivity contribution in [2.24, 2.45) is 17.8 Å². The van der Waals surface area contributed by atoms with E-state index >= 15 is 0 Å². The van der Waals surface area contributed by atoms with Gasteiger partial charge in [-0.05, 0) is 51.4 Å². The van der Waals surface area contributed by atoms with Gasteiger partial charge in [-0.15, -0.1) is 0 Å². The van der Waals surface area contributed by atoms with Crippen molar-refractivity contribution in [1.82, 2.24) is 0 Å². The van der Waals surface area contributed by atoms with Crippen molar-refractivity contribution in [2.75, 3.05) is 32.8 Å². The molecule has 1 saturated carbocycles. The summed E-state index contributed by atoms with van der Waals surface area (Å²) in [5.74, 6) is 2.39. The summed E-state index contributed by atoms with van der Waals surface area (Å²) < 4.78 is 7.59. The minimum Gasteiger partial charge on any atom is -1.00 e. The molecule has 0 bridgehead atoms. The molecular weight excluding hydrogens is 385 g/mol. The average Bonchev–Trinajstić information content (AvgIpc) is 2.48. The van der Waals surface area contributed by atoms with Crippen LogP contribution in [0.4, 0.5) is 0 Å². The first kappa shape index (κ1) is 22.6. The van der Waals surface area contributed by atoms with Crippen LogP contribution < -0.4 is 24.0 Å². The van der Waals surface area contributed by atoms with Crippen LogP contribution in [0.1, 0.15) is 67.2 Å². The first-order chi connectivity index (χ1) is 9.98. The SMILES string of the molecule is CC[N+](CC)(CC)CCCOC1CC(C)CCC1C(C)C.[I-]. The number of hydrogen-bond acceptors (Lipinski definition) is 1. The van der Waals surface area contributed by atoms with Crippen molar-refractivity contribution in [2.45, 2.75) is 73.3 Å². The third-order valence-corrected chi connectivity index (χ3v) is 6.08. The summed E-state index contributed by atoms with van der Waals surface area (Å²) in [5, 5.41) is 0. The lowest BCUT2D eigenvalue weighted by Crippen LogP contribution is -3.00. The smallest absolute Gasteiger partial charge is 0.0808 e. The van der Waals surface area contributed by atoms with E-state index in [1.54, 1.807) is 0 Å². The molecule has 1 aliphatic rings. The summed E-state index contributed by atoms with van der Waals surface area (Å²) in [5.41, 5.74) is 0. The van der Waals surface area contributed by atoms with Crippen LogP contribution in [0.25, 0.3) is 0 Å². The summed E-state index contributed by atoms with van der Waals surface area (Å²) in [6, 6.07) is 0. The lowest BCUT2D eigenvalue weighted by Gasteiger charge is -2.38. The van der Waals surface area contributed by atoms with Gasteiger partial charge in [-0.25, -0.2) is 0 Å². The van der Waals surface area contributed by atoms with E-state index in [4.69, 9.17) is 4.74 Å². The van der Waals surface area contributed by atoms with Gasteiger partial charge < -0.3 is 33.2 Å². The fourth-order valence-corrected chi connectivity index (χ4v) is 4.09. The molecule has 1 fully saturated rings. The van der Waals surface area contributed by atoms with Crippen LogP contribution in [0.3, 0.4) is 0 Å². The molecule has 1 aliphatic carbocycles. The first-order valence-electron chi connectivity index (χ1n) is 9.44. The molecule has 0 radical (unpaired) electrons. The summed E-state index contributed by atoms with van der Waals surface area (Å²) >= 11 is 0. The Morgan fingerprint density at radius 3 is 2.14 bits per heavy atom. The second kappa shape index (κ2) is 11.2. The van der Waals surface area contributed by atoms with Gasteiger partial charge in [0.1, 0.15) is 0 Å². The Morgan fingerprint density at radius 1 is 1.05 bits per heavy atom. The van der Waals surface area contributed by atoms with Crippen molar-refractivity contribution in [1.29, 1.82) is 0 Å². The van der Waals surface area contributed by atoms with E-state index in [0.29, 0.717) is 6.10 Å². The van der Waals surface area contributed by atoms with Gasteiger partial charge in [-0.3, -0.25) is 0 Å². The molecule has 22 heavy (non-hydrogen) atoms. The van der Waals surface area contributed by atoms with E-state index in [1.165, 1.54) is 56.3 Å². The molecule has 2 nitrogen and oxygen atoms in total. The Balaban J connectivity index is 0.00000441. The molecule has 1 rings (SSSR count). The Morgan fingerprint density at radius 2 is 1.64 bits per heavy atom. The van der Waals surface area contributed by atoms with Gasteiger partial charge in [0.2, 0.25) is 0 Å². The van der Waals surface area contributed by atoms with E-state index in [0.717, 1.165) is 24.4 Å². The molecule has 0 N–H and O–H groups in total. The summed E-state index contributed by atoms with van der Waals surface area (Å²) in [4.78, 5) is 0. The zero-order valence-electron chi connectivity index (χ0n) is 15.9. The molecule has 134 valence electrons. The number of hydrogen-bond donors (Lipinski definition) is 0. The molecule has 0 amide bonds. The first-order valence-corrected chi connectivity index (χ1v) is 9.44. The fraction of sp³-hybridized carbons (Fsp3) is 1.00. The normalized spacial score (nSPS) is 26.0. The third kappa shape index (κ3) is 6.64. The van der Waals surface area contributed by atoms with Crippen molar-refractivity contribution in [3.05, 3.63) is 0 Å². The molecule has 0 spiro atoms. The van der Waals surface area contributed by atoms with Crippen LogP contribution in [-0.2, 0) is 4.74 Å². The lowest BCUT2D eigenvalue weighted by atomic mass is 9.75. The van der Waals surface area contributed by atoms with E-state index in [2.05, 4.69) is 41.5 Å². The zero-order valence-corrected chi connectivity index (χ0v) is 18.1. The Bertz CT molecular complexity index is 270. The van der Waals surface area contributed by atoms with E-state index in [-0.39, 0.29) is 24.0 Å². The van der Waals surface area contributed by atoms with Crippen LogP contribution in [0.5, 0.6) is 0 Å². The van der Waals surface area contributed by atoms with E-state index in [1.807, 2.05) is 0 Å². The average molecular weight is 425 g/mol. The lowest BCUT2D eigenvalue weighted by molar-refractivity contribution is -0.923. The molecule has 0 aliphatic heterocycles.